The number of hydrogen-bond donors (Lipinski definition) is 0. The molecule has 1 aromatic rings. The molecule has 1 aromatic carbocycles. The molecule has 2 aliphatic rings. The van der Waals surface area contributed by atoms with Crippen molar-refractivity contribution in [2.45, 2.75) is 20.0 Å². The lowest BCUT2D eigenvalue weighted by atomic mass is 10.0. The molecule has 1 unspecified atom stereocenters. The van der Waals surface area contributed by atoms with Gasteiger partial charge < -0.3 is 4.90 Å². The smallest absolute Gasteiger partial charge is 0.333 e. The lowest BCUT2D eigenvalue weighted by Crippen LogP contribution is -2.58. The molecule has 0 bridgehead atoms. The monoisotopic (exact) mass is 424 g/mol. The van der Waals surface area contributed by atoms with Crippen LogP contribution in [0.5, 0.6) is 0 Å². The summed E-state index contributed by atoms with van der Waals surface area (Å²) >= 11 is 12.5. The number of piperazine rings is 1. The van der Waals surface area contributed by atoms with Gasteiger partial charge in [-0.25, -0.2) is 4.79 Å². The second kappa shape index (κ2) is 7.90. The average molecular weight is 425 g/mol. The topological polar surface area (TPSA) is 87.2 Å². The quantitative estimate of drug-likeness (QED) is 0.694. The van der Waals surface area contributed by atoms with E-state index < -0.39 is 23.9 Å². The van der Waals surface area contributed by atoms with E-state index in [0.717, 1.165) is 9.96 Å². The molecule has 2 aliphatic heterocycles. The minimum Gasteiger partial charge on any atom is -0.333 e. The molecule has 1 saturated heterocycles. The van der Waals surface area contributed by atoms with Crippen LogP contribution in [-0.2, 0) is 19.2 Å². The van der Waals surface area contributed by atoms with Crippen molar-refractivity contribution in [3.8, 4) is 0 Å². The number of hydrogen-bond acceptors (Lipinski definition) is 5. The molecular formula is C18H16Cl2N3O5. The summed E-state index contributed by atoms with van der Waals surface area (Å²) in [6.45, 7) is 3.83. The summed E-state index contributed by atoms with van der Waals surface area (Å²) in [6.07, 6.45) is 0.928. The first-order valence-electron chi connectivity index (χ1n) is 8.50. The third-order valence-electron chi connectivity index (χ3n) is 4.53. The highest BCUT2D eigenvalue weighted by Gasteiger charge is 2.43. The molecular weight excluding hydrogens is 409 g/mol. The van der Waals surface area contributed by atoms with E-state index in [0.29, 0.717) is 6.54 Å². The molecule has 0 N–H and O–H groups in total. The third kappa shape index (κ3) is 3.28. The third-order valence-corrected chi connectivity index (χ3v) is 5.16. The summed E-state index contributed by atoms with van der Waals surface area (Å²) in [5, 5.41) is 1.15. The fourth-order valence-corrected chi connectivity index (χ4v) is 3.64. The van der Waals surface area contributed by atoms with Gasteiger partial charge in [0, 0.05) is 25.2 Å². The Morgan fingerprint density at radius 1 is 1.21 bits per heavy atom. The Morgan fingerprint density at radius 2 is 1.86 bits per heavy atom. The number of rotatable bonds is 3. The van der Waals surface area contributed by atoms with Gasteiger partial charge in [0.05, 0.1) is 21.3 Å². The molecule has 1 fully saturated rings. The summed E-state index contributed by atoms with van der Waals surface area (Å²) in [4.78, 5) is 56.7. The van der Waals surface area contributed by atoms with Gasteiger partial charge in [-0.3, -0.25) is 24.1 Å². The molecule has 0 aromatic heterocycles. The van der Waals surface area contributed by atoms with Crippen LogP contribution in [-0.4, -0.2) is 64.7 Å². The molecule has 8 nitrogen and oxygen atoms in total. The highest BCUT2D eigenvalue weighted by Crippen LogP contribution is 2.40. The van der Waals surface area contributed by atoms with Crippen molar-refractivity contribution in [2.75, 3.05) is 19.6 Å². The summed E-state index contributed by atoms with van der Waals surface area (Å²) < 4.78 is 0. The minimum atomic E-state index is -0.970. The van der Waals surface area contributed by atoms with Crippen molar-refractivity contribution in [1.29, 1.82) is 0 Å². The Kier molecular flexibility index (Phi) is 5.74. The van der Waals surface area contributed by atoms with Gasteiger partial charge in [-0.2, -0.15) is 5.06 Å². The van der Waals surface area contributed by atoms with Gasteiger partial charge >= 0.3 is 17.8 Å². The summed E-state index contributed by atoms with van der Waals surface area (Å²) in [7, 11) is 0. The van der Waals surface area contributed by atoms with Gasteiger partial charge in [-0.15, -0.1) is 0 Å². The summed E-state index contributed by atoms with van der Waals surface area (Å²) in [6, 6.07) is 3.78. The highest BCUT2D eigenvalue weighted by atomic mass is 35.5. The zero-order valence-electron chi connectivity index (χ0n) is 15.1. The van der Waals surface area contributed by atoms with E-state index in [1.165, 1.54) is 4.90 Å². The molecule has 3 rings (SSSR count). The summed E-state index contributed by atoms with van der Waals surface area (Å²) in [5.74, 6) is -1.75. The number of halogens is 2. The van der Waals surface area contributed by atoms with Gasteiger partial charge in [0.15, 0.2) is 0 Å². The molecule has 147 valence electrons. The molecule has 1 radical (unpaired) electrons. The van der Waals surface area contributed by atoms with E-state index >= 15 is 0 Å². The zero-order chi connectivity index (χ0) is 20.6. The second-order valence-electron chi connectivity index (χ2n) is 6.13. The van der Waals surface area contributed by atoms with Gasteiger partial charge in [0.1, 0.15) is 6.10 Å². The molecule has 10 heteroatoms. The van der Waals surface area contributed by atoms with E-state index in [2.05, 4.69) is 0 Å². The number of carbonyl (C=O) groups is 3. The van der Waals surface area contributed by atoms with Crippen molar-refractivity contribution in [1.82, 2.24) is 14.9 Å². The van der Waals surface area contributed by atoms with Crippen molar-refractivity contribution in [3.05, 3.63) is 39.4 Å². The second-order valence-corrected chi connectivity index (χ2v) is 6.94. The maximum absolute atomic E-state index is 13.0. The Balaban J connectivity index is 2.03. The molecule has 4 amide bonds. The van der Waals surface area contributed by atoms with Crippen LogP contribution in [0.25, 0.3) is 5.70 Å². The Morgan fingerprint density at radius 3 is 2.43 bits per heavy atom. The first-order valence-corrected chi connectivity index (χ1v) is 9.25. The van der Waals surface area contributed by atoms with Gasteiger partial charge in [0.2, 0.25) is 6.29 Å². The largest absolute Gasteiger partial charge is 0.355 e. The maximum atomic E-state index is 13.0. The van der Waals surface area contributed by atoms with E-state index in [1.807, 2.05) is 0 Å². The minimum absolute atomic E-state index is 0.00118. The molecule has 28 heavy (non-hydrogen) atoms. The first kappa shape index (κ1) is 20.3. The number of urea groups is 1. The molecule has 2 heterocycles. The lowest BCUT2D eigenvalue weighted by Gasteiger charge is -2.34. The number of nitrogens with zero attached hydrogens (tertiary/aromatic N) is 3. The molecule has 0 aliphatic carbocycles. The van der Waals surface area contributed by atoms with Crippen molar-refractivity contribution in [2.24, 2.45) is 0 Å². The van der Waals surface area contributed by atoms with Crippen LogP contribution >= 0.6 is 23.2 Å². The summed E-state index contributed by atoms with van der Waals surface area (Å²) in [5.41, 5.74) is 0.225. The van der Waals surface area contributed by atoms with Gasteiger partial charge in [-0.1, -0.05) is 29.3 Å². The number of carbonyl (C=O) groups excluding carboxylic acids is 4. The Labute approximate surface area is 171 Å². The van der Waals surface area contributed by atoms with Crippen molar-refractivity contribution < 1.29 is 24.0 Å². The number of amides is 4. The van der Waals surface area contributed by atoms with Crippen LogP contribution in [0.15, 0.2) is 23.8 Å². The van der Waals surface area contributed by atoms with Crippen LogP contribution in [0, 0.1) is 0 Å². The van der Waals surface area contributed by atoms with Crippen LogP contribution in [0.1, 0.15) is 19.4 Å². The highest BCUT2D eigenvalue weighted by molar-refractivity contribution is 6.39. The average Bonchev–Trinajstić information content (AvgIpc) is 2.99. The normalized spacial score (nSPS) is 20.3. The van der Waals surface area contributed by atoms with Crippen LogP contribution in [0.4, 0.5) is 4.79 Å². The van der Waals surface area contributed by atoms with Gasteiger partial charge in [-0.05, 0) is 26.0 Å². The number of imide groups is 1. The Bertz CT molecular complexity index is 881. The van der Waals surface area contributed by atoms with E-state index in [4.69, 9.17) is 28.0 Å². The fourth-order valence-electron chi connectivity index (χ4n) is 3.07. The van der Waals surface area contributed by atoms with E-state index in [9.17, 15) is 19.2 Å². The fraction of sp³-hybridized carbons (Fsp3) is 0.333. The van der Waals surface area contributed by atoms with Gasteiger partial charge in [0.25, 0.3) is 0 Å². The molecule has 1 atom stereocenters. The zero-order valence-corrected chi connectivity index (χ0v) is 16.6. The maximum Gasteiger partial charge on any atom is 0.355 e. The Hall–Kier alpha value is -2.42. The van der Waals surface area contributed by atoms with E-state index in [1.54, 1.807) is 38.3 Å². The SMILES string of the molecule is CCN1CCN(C(=O)N2OC(C)C([C]=O)=C2c2c(Cl)cccc2Cl)C(=O)C1=O. The standard InChI is InChI=1S/C18H16Cl2N3O5/c1-3-21-7-8-22(17(26)16(21)25)18(27)23-15(11(9-24)10(2)28-23)14-12(19)5-4-6-13(14)20/h4-6,10H,3,7-8H2,1-2H3. The van der Waals surface area contributed by atoms with E-state index in [-0.39, 0.29) is 40.0 Å². The predicted octanol–water partition coefficient (Wildman–Crippen LogP) is 2.26. The first-order chi connectivity index (χ1) is 13.3. The lowest BCUT2D eigenvalue weighted by molar-refractivity contribution is -0.156. The van der Waals surface area contributed by atoms with Crippen LogP contribution in [0.3, 0.4) is 0 Å². The number of hydroxylamine groups is 2. The number of benzene rings is 1. The predicted molar refractivity (Wildman–Crippen MR) is 101 cm³/mol. The molecule has 0 spiro atoms. The van der Waals surface area contributed by atoms with Crippen LogP contribution in [0.2, 0.25) is 10.0 Å². The van der Waals surface area contributed by atoms with Crippen molar-refractivity contribution >= 4 is 53.0 Å². The number of likely N-dealkylation sites (N-methyl/N-ethyl adjacent to an activating group) is 1. The van der Waals surface area contributed by atoms with Crippen LogP contribution < -0.4 is 0 Å². The molecule has 0 saturated carbocycles. The van der Waals surface area contributed by atoms with Crippen molar-refractivity contribution in [3.63, 3.8) is 0 Å².